The molecule has 2 saturated carbocycles. The first-order valence-electron chi connectivity index (χ1n) is 6.18. The molecule has 0 aromatic rings. The summed E-state index contributed by atoms with van der Waals surface area (Å²) in [4.78, 5) is 2.54. The summed E-state index contributed by atoms with van der Waals surface area (Å²) < 4.78 is 0. The van der Waals surface area contributed by atoms with Gasteiger partial charge in [-0.15, -0.1) is 0 Å². The molecular formula is C12H21NO. The van der Waals surface area contributed by atoms with E-state index in [2.05, 4.69) is 4.90 Å². The van der Waals surface area contributed by atoms with Crippen LogP contribution < -0.4 is 0 Å². The number of hydrogen-bond donors (Lipinski definition) is 1. The Balaban J connectivity index is 1.57. The Kier molecular flexibility index (Phi) is 2.10. The molecule has 0 bridgehead atoms. The number of aliphatic hydroxyl groups excluding tert-OH is 1. The molecule has 3 fully saturated rings. The second kappa shape index (κ2) is 3.21. The summed E-state index contributed by atoms with van der Waals surface area (Å²) in [6, 6.07) is 0.503. The van der Waals surface area contributed by atoms with Gasteiger partial charge in [-0.3, -0.25) is 4.90 Å². The first-order chi connectivity index (χ1) is 6.83. The molecule has 3 aliphatic rings. The van der Waals surface area contributed by atoms with E-state index < -0.39 is 0 Å². The summed E-state index contributed by atoms with van der Waals surface area (Å²) in [5.74, 6) is 0.802. The summed E-state index contributed by atoms with van der Waals surface area (Å²) in [7, 11) is 0. The van der Waals surface area contributed by atoms with Crippen LogP contribution in [0.4, 0.5) is 0 Å². The van der Waals surface area contributed by atoms with Crippen molar-refractivity contribution in [1.82, 2.24) is 4.90 Å². The Morgan fingerprint density at radius 2 is 1.86 bits per heavy atom. The van der Waals surface area contributed by atoms with Gasteiger partial charge in [0.05, 0.1) is 6.61 Å². The van der Waals surface area contributed by atoms with E-state index in [0.717, 1.165) is 11.3 Å². The molecule has 1 saturated heterocycles. The summed E-state index contributed by atoms with van der Waals surface area (Å²) in [6.45, 7) is 2.96. The molecule has 1 atom stereocenters. The molecular weight excluding hydrogens is 174 g/mol. The zero-order valence-corrected chi connectivity index (χ0v) is 8.91. The zero-order chi connectivity index (χ0) is 9.60. The summed E-state index contributed by atoms with van der Waals surface area (Å²) in [5.41, 5.74) is 0.742. The Labute approximate surface area is 86.3 Å². The molecule has 80 valence electrons. The van der Waals surface area contributed by atoms with Gasteiger partial charge < -0.3 is 5.11 Å². The van der Waals surface area contributed by atoms with Gasteiger partial charge >= 0.3 is 0 Å². The lowest BCUT2D eigenvalue weighted by atomic mass is 9.89. The first-order valence-corrected chi connectivity index (χ1v) is 6.18. The van der Waals surface area contributed by atoms with Crippen molar-refractivity contribution in [2.45, 2.75) is 44.6 Å². The highest BCUT2D eigenvalue weighted by Gasteiger charge is 2.54. The van der Waals surface area contributed by atoms with Crippen LogP contribution in [0.15, 0.2) is 0 Å². The molecule has 0 aromatic carbocycles. The molecule has 0 amide bonds. The maximum atomic E-state index is 9.47. The lowest BCUT2D eigenvalue weighted by Gasteiger charge is -2.46. The normalized spacial score (nSPS) is 33.2. The lowest BCUT2D eigenvalue weighted by Crippen LogP contribution is -2.56. The van der Waals surface area contributed by atoms with Crippen molar-refractivity contribution in [3.05, 3.63) is 0 Å². The van der Waals surface area contributed by atoms with E-state index >= 15 is 0 Å². The predicted octanol–water partition coefficient (Wildman–Crippen LogP) is 1.63. The Morgan fingerprint density at radius 3 is 2.36 bits per heavy atom. The van der Waals surface area contributed by atoms with Crippen molar-refractivity contribution in [1.29, 1.82) is 0 Å². The molecule has 14 heavy (non-hydrogen) atoms. The minimum absolute atomic E-state index is 0.390. The molecule has 1 N–H and O–H groups in total. The Morgan fingerprint density at radius 1 is 1.21 bits per heavy atom. The molecule has 1 heterocycles. The molecule has 1 spiro atoms. The maximum Gasteiger partial charge on any atom is 0.0589 e. The van der Waals surface area contributed by atoms with Crippen LogP contribution in [0.1, 0.15) is 38.5 Å². The SMILES string of the molecule is OCC(C1CCCC1)N1CC2(CC2)C1. The molecule has 1 unspecified atom stereocenters. The highest BCUT2D eigenvalue weighted by Crippen LogP contribution is 2.54. The molecule has 0 aromatic heterocycles. The van der Waals surface area contributed by atoms with Gasteiger partial charge in [0, 0.05) is 19.1 Å². The monoisotopic (exact) mass is 195 g/mol. The highest BCUT2D eigenvalue weighted by atomic mass is 16.3. The molecule has 3 rings (SSSR count). The van der Waals surface area contributed by atoms with Crippen molar-refractivity contribution in [2.75, 3.05) is 19.7 Å². The van der Waals surface area contributed by atoms with Gasteiger partial charge in [-0.1, -0.05) is 12.8 Å². The third-order valence-electron chi connectivity index (χ3n) is 4.63. The van der Waals surface area contributed by atoms with E-state index in [1.54, 1.807) is 0 Å². The number of likely N-dealkylation sites (tertiary alicyclic amines) is 1. The van der Waals surface area contributed by atoms with E-state index in [9.17, 15) is 5.11 Å². The smallest absolute Gasteiger partial charge is 0.0589 e. The van der Waals surface area contributed by atoms with Crippen LogP contribution in [0, 0.1) is 11.3 Å². The molecule has 2 aliphatic carbocycles. The van der Waals surface area contributed by atoms with Gasteiger partial charge in [-0.25, -0.2) is 0 Å². The minimum Gasteiger partial charge on any atom is -0.395 e. The van der Waals surface area contributed by atoms with E-state index in [1.165, 1.54) is 51.6 Å². The largest absolute Gasteiger partial charge is 0.395 e. The number of nitrogens with zero attached hydrogens (tertiary/aromatic N) is 1. The average molecular weight is 195 g/mol. The Hall–Kier alpha value is -0.0800. The molecule has 1 aliphatic heterocycles. The van der Waals surface area contributed by atoms with E-state index in [0.29, 0.717) is 12.6 Å². The third-order valence-corrected chi connectivity index (χ3v) is 4.63. The quantitative estimate of drug-likeness (QED) is 0.740. The maximum absolute atomic E-state index is 9.47. The van der Waals surface area contributed by atoms with Crippen molar-refractivity contribution in [2.24, 2.45) is 11.3 Å². The summed E-state index contributed by atoms with van der Waals surface area (Å²) in [5, 5.41) is 9.47. The van der Waals surface area contributed by atoms with Crippen molar-refractivity contribution in [3.63, 3.8) is 0 Å². The van der Waals surface area contributed by atoms with E-state index in [-0.39, 0.29) is 0 Å². The van der Waals surface area contributed by atoms with Crippen molar-refractivity contribution < 1.29 is 5.11 Å². The number of rotatable bonds is 3. The first kappa shape index (κ1) is 9.17. The van der Waals surface area contributed by atoms with Crippen LogP contribution >= 0.6 is 0 Å². The fourth-order valence-electron chi connectivity index (χ4n) is 3.45. The minimum atomic E-state index is 0.390. The topological polar surface area (TPSA) is 23.5 Å². The second-order valence-electron chi connectivity index (χ2n) is 5.70. The molecule has 0 radical (unpaired) electrons. The van der Waals surface area contributed by atoms with Gasteiger partial charge in [-0.2, -0.15) is 0 Å². The van der Waals surface area contributed by atoms with Gasteiger partial charge in [-0.05, 0) is 37.0 Å². The number of hydrogen-bond acceptors (Lipinski definition) is 2. The van der Waals surface area contributed by atoms with Crippen LogP contribution in [0.2, 0.25) is 0 Å². The summed E-state index contributed by atoms with van der Waals surface area (Å²) in [6.07, 6.45) is 8.39. The van der Waals surface area contributed by atoms with E-state index in [4.69, 9.17) is 0 Å². The van der Waals surface area contributed by atoms with Crippen LogP contribution in [0.25, 0.3) is 0 Å². The lowest BCUT2D eigenvalue weighted by molar-refractivity contribution is -0.0140. The van der Waals surface area contributed by atoms with Crippen LogP contribution in [-0.4, -0.2) is 35.7 Å². The van der Waals surface area contributed by atoms with Crippen LogP contribution in [0.5, 0.6) is 0 Å². The van der Waals surface area contributed by atoms with Crippen LogP contribution in [-0.2, 0) is 0 Å². The fraction of sp³-hybridized carbons (Fsp3) is 1.00. The molecule has 2 nitrogen and oxygen atoms in total. The molecule has 2 heteroatoms. The van der Waals surface area contributed by atoms with Crippen molar-refractivity contribution >= 4 is 0 Å². The van der Waals surface area contributed by atoms with Crippen molar-refractivity contribution in [3.8, 4) is 0 Å². The summed E-state index contributed by atoms with van der Waals surface area (Å²) >= 11 is 0. The fourth-order valence-corrected chi connectivity index (χ4v) is 3.45. The van der Waals surface area contributed by atoms with Gasteiger partial charge in [0.2, 0.25) is 0 Å². The second-order valence-corrected chi connectivity index (χ2v) is 5.70. The van der Waals surface area contributed by atoms with Gasteiger partial charge in [0.1, 0.15) is 0 Å². The average Bonchev–Trinajstić information content (AvgIpc) is 2.75. The van der Waals surface area contributed by atoms with Crippen LogP contribution in [0.3, 0.4) is 0 Å². The third kappa shape index (κ3) is 1.40. The zero-order valence-electron chi connectivity index (χ0n) is 8.91. The Bertz CT molecular complexity index is 210. The standard InChI is InChI=1S/C12H21NO/c14-7-11(10-3-1-2-4-10)13-8-12(9-13)5-6-12/h10-11,14H,1-9H2. The van der Waals surface area contributed by atoms with E-state index in [1.807, 2.05) is 0 Å². The van der Waals surface area contributed by atoms with Gasteiger partial charge in [0.25, 0.3) is 0 Å². The highest BCUT2D eigenvalue weighted by molar-refractivity contribution is 5.07. The predicted molar refractivity (Wildman–Crippen MR) is 56.1 cm³/mol. The van der Waals surface area contributed by atoms with Gasteiger partial charge in [0.15, 0.2) is 0 Å². The number of aliphatic hydroxyl groups is 1.